The predicted molar refractivity (Wildman–Crippen MR) is 100 cm³/mol. The monoisotopic (exact) mass is 417 g/mol. The van der Waals surface area contributed by atoms with Crippen molar-refractivity contribution in [1.29, 1.82) is 0 Å². The second-order valence-electron chi connectivity index (χ2n) is 6.96. The highest BCUT2D eigenvalue weighted by Gasteiger charge is 2.36. The molecule has 1 saturated heterocycles. The molecule has 0 radical (unpaired) electrons. The van der Waals surface area contributed by atoms with Crippen molar-refractivity contribution in [2.75, 3.05) is 7.11 Å². The van der Waals surface area contributed by atoms with Crippen molar-refractivity contribution < 1.29 is 27.2 Å². The Balaban J connectivity index is 1.54. The summed E-state index contributed by atoms with van der Waals surface area (Å²) in [4.78, 5) is 18.4. The first kappa shape index (κ1) is 19.9. The van der Waals surface area contributed by atoms with Gasteiger partial charge in [-0.3, -0.25) is 4.79 Å². The number of methoxy groups -OCH3 is 1. The molecule has 1 aliphatic rings. The Labute approximate surface area is 170 Å². The average molecular weight is 417 g/mol. The van der Waals surface area contributed by atoms with Gasteiger partial charge in [0.25, 0.3) is 0 Å². The molecule has 1 fully saturated rings. The van der Waals surface area contributed by atoms with Gasteiger partial charge in [-0.25, -0.2) is 0 Å². The molecule has 2 aromatic carbocycles. The fourth-order valence-electron chi connectivity index (χ4n) is 3.45. The van der Waals surface area contributed by atoms with E-state index in [-0.39, 0.29) is 23.7 Å². The standard InChI is InChI=1S/C21H18F3N3O3/c1-29-16-4-2-3-13(11-16)12-27-17(9-10-18(27)28)20-25-19(26-30-20)14-5-7-15(8-6-14)21(22,23)24/h2-8,11,17H,9-10,12H2,1H3. The van der Waals surface area contributed by atoms with E-state index in [1.807, 2.05) is 24.3 Å². The minimum Gasteiger partial charge on any atom is -0.497 e. The topological polar surface area (TPSA) is 68.5 Å². The summed E-state index contributed by atoms with van der Waals surface area (Å²) in [6.07, 6.45) is -3.53. The second kappa shape index (κ2) is 7.81. The van der Waals surface area contributed by atoms with Gasteiger partial charge in [-0.1, -0.05) is 29.4 Å². The molecule has 0 aliphatic carbocycles. The number of halogens is 3. The van der Waals surface area contributed by atoms with Gasteiger partial charge in [0.05, 0.1) is 12.7 Å². The van der Waals surface area contributed by atoms with E-state index in [1.54, 1.807) is 12.0 Å². The molecule has 6 nitrogen and oxygen atoms in total. The molecule has 30 heavy (non-hydrogen) atoms. The minimum atomic E-state index is -4.41. The van der Waals surface area contributed by atoms with Crippen molar-refractivity contribution in [3.05, 3.63) is 65.5 Å². The molecule has 1 amide bonds. The van der Waals surface area contributed by atoms with Gasteiger partial charge < -0.3 is 14.2 Å². The van der Waals surface area contributed by atoms with Crippen LogP contribution in [-0.4, -0.2) is 28.1 Å². The fourth-order valence-corrected chi connectivity index (χ4v) is 3.45. The van der Waals surface area contributed by atoms with Crippen molar-refractivity contribution in [3.63, 3.8) is 0 Å². The molecular formula is C21H18F3N3O3. The van der Waals surface area contributed by atoms with Crippen LogP contribution >= 0.6 is 0 Å². The van der Waals surface area contributed by atoms with E-state index < -0.39 is 11.7 Å². The van der Waals surface area contributed by atoms with Gasteiger partial charge in [0, 0.05) is 18.5 Å². The molecule has 9 heteroatoms. The first-order valence-electron chi connectivity index (χ1n) is 9.29. The lowest BCUT2D eigenvalue weighted by atomic mass is 10.1. The lowest BCUT2D eigenvalue weighted by molar-refractivity contribution is -0.137. The Morgan fingerprint density at radius 3 is 2.67 bits per heavy atom. The number of carbonyl (C=O) groups excluding carboxylic acids is 1. The lowest BCUT2D eigenvalue weighted by Crippen LogP contribution is -2.27. The summed E-state index contributed by atoms with van der Waals surface area (Å²) in [5.74, 6) is 1.10. The summed E-state index contributed by atoms with van der Waals surface area (Å²) in [5, 5.41) is 3.89. The molecule has 1 atom stereocenters. The largest absolute Gasteiger partial charge is 0.497 e. The van der Waals surface area contributed by atoms with Gasteiger partial charge in [-0.05, 0) is 36.2 Å². The second-order valence-corrected chi connectivity index (χ2v) is 6.96. The Kier molecular flexibility index (Phi) is 5.19. The van der Waals surface area contributed by atoms with Gasteiger partial charge >= 0.3 is 6.18 Å². The average Bonchev–Trinajstić information content (AvgIpc) is 3.35. The zero-order chi connectivity index (χ0) is 21.3. The molecule has 2 heterocycles. The van der Waals surface area contributed by atoms with Crippen LogP contribution in [0.4, 0.5) is 13.2 Å². The molecule has 3 aromatic rings. The Hall–Kier alpha value is -3.36. The van der Waals surface area contributed by atoms with E-state index in [0.29, 0.717) is 30.7 Å². The van der Waals surface area contributed by atoms with E-state index >= 15 is 0 Å². The maximum atomic E-state index is 12.7. The van der Waals surface area contributed by atoms with Gasteiger partial charge in [0.2, 0.25) is 17.6 Å². The molecule has 0 saturated carbocycles. The van der Waals surface area contributed by atoms with E-state index in [1.165, 1.54) is 12.1 Å². The number of nitrogens with zero attached hydrogens (tertiary/aromatic N) is 3. The molecule has 4 rings (SSSR count). The molecule has 1 aliphatic heterocycles. The van der Waals surface area contributed by atoms with Gasteiger partial charge in [0.1, 0.15) is 11.8 Å². The first-order valence-corrected chi connectivity index (χ1v) is 9.29. The third-order valence-electron chi connectivity index (χ3n) is 5.01. The van der Waals surface area contributed by atoms with Crippen molar-refractivity contribution in [1.82, 2.24) is 15.0 Å². The molecule has 1 unspecified atom stereocenters. The molecule has 0 N–H and O–H groups in total. The number of alkyl halides is 3. The number of rotatable bonds is 5. The van der Waals surface area contributed by atoms with Crippen LogP contribution in [0.1, 0.15) is 35.9 Å². The first-order chi connectivity index (χ1) is 14.3. The van der Waals surface area contributed by atoms with Crippen molar-refractivity contribution in [2.24, 2.45) is 0 Å². The fraction of sp³-hybridized carbons (Fsp3) is 0.286. The number of hydrogen-bond acceptors (Lipinski definition) is 5. The quantitative estimate of drug-likeness (QED) is 0.606. The SMILES string of the molecule is COc1cccc(CN2C(=O)CCC2c2nc(-c3ccc(C(F)(F)F)cc3)no2)c1. The molecule has 156 valence electrons. The number of carbonyl (C=O) groups is 1. The summed E-state index contributed by atoms with van der Waals surface area (Å²) in [7, 11) is 1.57. The Morgan fingerprint density at radius 2 is 1.97 bits per heavy atom. The summed E-state index contributed by atoms with van der Waals surface area (Å²) in [5.41, 5.74) is 0.555. The van der Waals surface area contributed by atoms with Crippen LogP contribution in [0.2, 0.25) is 0 Å². The summed E-state index contributed by atoms with van der Waals surface area (Å²) in [6, 6.07) is 11.6. The minimum absolute atomic E-state index is 0.0305. The van der Waals surface area contributed by atoms with Crippen LogP contribution in [0, 0.1) is 0 Å². The van der Waals surface area contributed by atoms with E-state index in [4.69, 9.17) is 9.26 Å². The molecule has 1 aromatic heterocycles. The van der Waals surface area contributed by atoms with Crippen LogP contribution in [0.15, 0.2) is 53.1 Å². The third-order valence-corrected chi connectivity index (χ3v) is 5.01. The Bertz CT molecular complexity index is 1050. The molecule has 0 spiro atoms. The van der Waals surface area contributed by atoms with Crippen LogP contribution in [0.3, 0.4) is 0 Å². The van der Waals surface area contributed by atoms with Gasteiger partial charge in [-0.2, -0.15) is 18.2 Å². The maximum Gasteiger partial charge on any atom is 0.416 e. The van der Waals surface area contributed by atoms with Gasteiger partial charge in [-0.15, -0.1) is 0 Å². The number of likely N-dealkylation sites (tertiary alicyclic amines) is 1. The van der Waals surface area contributed by atoms with Crippen LogP contribution in [0.25, 0.3) is 11.4 Å². The maximum absolute atomic E-state index is 12.7. The number of benzene rings is 2. The number of hydrogen-bond donors (Lipinski definition) is 0. The normalized spacial score (nSPS) is 16.9. The smallest absolute Gasteiger partial charge is 0.416 e. The predicted octanol–water partition coefficient (Wildman–Crippen LogP) is 4.63. The summed E-state index contributed by atoms with van der Waals surface area (Å²) >= 11 is 0. The third kappa shape index (κ3) is 4.00. The molecule has 0 bridgehead atoms. The van der Waals surface area contributed by atoms with E-state index in [0.717, 1.165) is 17.7 Å². The Morgan fingerprint density at radius 1 is 1.20 bits per heavy atom. The zero-order valence-electron chi connectivity index (χ0n) is 16.0. The van der Waals surface area contributed by atoms with Crippen LogP contribution < -0.4 is 4.74 Å². The number of ether oxygens (including phenoxy) is 1. The highest BCUT2D eigenvalue weighted by atomic mass is 19.4. The highest BCUT2D eigenvalue weighted by Crippen LogP contribution is 2.35. The summed E-state index contributed by atoms with van der Waals surface area (Å²) in [6.45, 7) is 0.360. The van der Waals surface area contributed by atoms with Crippen LogP contribution in [-0.2, 0) is 17.5 Å². The molecular weight excluding hydrogens is 399 g/mol. The van der Waals surface area contributed by atoms with Crippen LogP contribution in [0.5, 0.6) is 5.75 Å². The highest BCUT2D eigenvalue weighted by molar-refractivity contribution is 5.78. The number of amides is 1. The van der Waals surface area contributed by atoms with E-state index in [2.05, 4.69) is 10.1 Å². The summed E-state index contributed by atoms with van der Waals surface area (Å²) < 4.78 is 48.8. The van der Waals surface area contributed by atoms with Crippen molar-refractivity contribution in [3.8, 4) is 17.1 Å². The van der Waals surface area contributed by atoms with Crippen molar-refractivity contribution in [2.45, 2.75) is 31.6 Å². The number of aromatic nitrogens is 2. The van der Waals surface area contributed by atoms with E-state index in [9.17, 15) is 18.0 Å². The lowest BCUT2D eigenvalue weighted by Gasteiger charge is -2.22. The van der Waals surface area contributed by atoms with Crippen molar-refractivity contribution >= 4 is 5.91 Å². The van der Waals surface area contributed by atoms with Gasteiger partial charge in [0.15, 0.2) is 0 Å². The zero-order valence-corrected chi connectivity index (χ0v) is 16.0.